The Balaban J connectivity index is 1.32. The molecule has 5 nitrogen and oxygen atoms in total. The first-order valence-electron chi connectivity index (χ1n) is 10.8. The van der Waals surface area contributed by atoms with Crippen LogP contribution in [0.3, 0.4) is 0 Å². The van der Waals surface area contributed by atoms with Crippen LogP contribution in [0.1, 0.15) is 69.4 Å². The van der Waals surface area contributed by atoms with Crippen LogP contribution in [0, 0.1) is 30.1 Å². The molecule has 2 N–H and O–H groups in total. The van der Waals surface area contributed by atoms with Crippen LogP contribution in [0.25, 0.3) is 0 Å². The number of ether oxygens (including phenoxy) is 1. The monoisotopic (exact) mass is 418 g/mol. The van der Waals surface area contributed by atoms with Gasteiger partial charge in [0.25, 0.3) is 5.91 Å². The highest BCUT2D eigenvalue weighted by Crippen LogP contribution is 2.60. The van der Waals surface area contributed by atoms with Gasteiger partial charge >= 0.3 is 0 Å². The molecule has 2 amide bonds. The van der Waals surface area contributed by atoms with E-state index >= 15 is 0 Å². The van der Waals surface area contributed by atoms with Crippen LogP contribution in [0.2, 0.25) is 5.02 Å². The van der Waals surface area contributed by atoms with E-state index in [0.29, 0.717) is 28.5 Å². The number of hydrazine groups is 1. The Labute approximate surface area is 177 Å². The molecular weight excluding hydrogens is 388 g/mol. The lowest BCUT2D eigenvalue weighted by atomic mass is 9.49. The van der Waals surface area contributed by atoms with Crippen molar-refractivity contribution in [1.82, 2.24) is 10.9 Å². The second-order valence-corrected chi connectivity index (χ2v) is 10.2. The highest BCUT2D eigenvalue weighted by atomic mass is 35.5. The topological polar surface area (TPSA) is 67.4 Å². The lowest BCUT2D eigenvalue weighted by Gasteiger charge is -2.55. The van der Waals surface area contributed by atoms with Gasteiger partial charge in [-0.15, -0.1) is 0 Å². The van der Waals surface area contributed by atoms with E-state index in [4.69, 9.17) is 16.3 Å². The van der Waals surface area contributed by atoms with Gasteiger partial charge in [-0.2, -0.15) is 0 Å². The SMILES string of the molecule is Cc1cc(OCC(=O)NNC(=O)C23CC4CC(CC(C4)C2)C3)c(C(C)C)cc1Cl. The average Bonchev–Trinajstić information content (AvgIpc) is 2.65. The molecule has 29 heavy (non-hydrogen) atoms. The van der Waals surface area contributed by atoms with Crippen molar-refractivity contribution in [1.29, 1.82) is 0 Å². The number of hydrogen-bond donors (Lipinski definition) is 2. The van der Waals surface area contributed by atoms with E-state index in [0.717, 1.165) is 30.4 Å². The molecule has 0 unspecified atom stereocenters. The van der Waals surface area contributed by atoms with E-state index in [9.17, 15) is 9.59 Å². The molecule has 0 spiro atoms. The average molecular weight is 419 g/mol. The van der Waals surface area contributed by atoms with Crippen LogP contribution >= 0.6 is 11.6 Å². The van der Waals surface area contributed by atoms with Gasteiger partial charge in [0.05, 0.1) is 5.41 Å². The first kappa shape index (κ1) is 20.5. The van der Waals surface area contributed by atoms with E-state index in [1.807, 2.05) is 19.1 Å². The fraction of sp³-hybridized carbons (Fsp3) is 0.652. The van der Waals surface area contributed by atoms with Crippen LogP contribution in [0.5, 0.6) is 5.75 Å². The van der Waals surface area contributed by atoms with Crippen LogP contribution in [0.4, 0.5) is 0 Å². The number of carbonyl (C=O) groups excluding carboxylic acids is 2. The standard InChI is InChI=1S/C23H31ClN2O3/c1-13(2)18-8-19(24)14(3)4-20(18)29-12-21(27)25-26-22(28)23-9-15-5-16(10-23)7-17(6-15)11-23/h4,8,13,15-17H,5-7,9-12H2,1-3H3,(H,25,27)(H,26,28). The van der Waals surface area contributed by atoms with Crippen LogP contribution in [0.15, 0.2) is 12.1 Å². The molecule has 158 valence electrons. The maximum atomic E-state index is 12.9. The van der Waals surface area contributed by atoms with Crippen molar-refractivity contribution in [2.75, 3.05) is 6.61 Å². The second-order valence-electron chi connectivity index (χ2n) is 9.78. The summed E-state index contributed by atoms with van der Waals surface area (Å²) in [6.45, 7) is 5.87. The van der Waals surface area contributed by atoms with E-state index in [1.165, 1.54) is 19.3 Å². The number of amides is 2. The van der Waals surface area contributed by atoms with E-state index in [2.05, 4.69) is 24.7 Å². The van der Waals surface area contributed by atoms with Gasteiger partial charge in [-0.25, -0.2) is 0 Å². The summed E-state index contributed by atoms with van der Waals surface area (Å²) >= 11 is 6.22. The molecule has 4 fully saturated rings. The Bertz CT molecular complexity index is 785. The molecule has 4 aliphatic rings. The number of rotatable bonds is 5. The summed E-state index contributed by atoms with van der Waals surface area (Å²) in [5.74, 6) is 2.57. The zero-order valence-electron chi connectivity index (χ0n) is 17.5. The molecule has 4 aliphatic carbocycles. The molecular formula is C23H31ClN2O3. The van der Waals surface area contributed by atoms with Gasteiger partial charge in [-0.05, 0) is 92.4 Å². The summed E-state index contributed by atoms with van der Waals surface area (Å²) in [4.78, 5) is 25.2. The lowest BCUT2D eigenvalue weighted by Crippen LogP contribution is -2.57. The maximum absolute atomic E-state index is 12.9. The Kier molecular flexibility index (Phi) is 5.54. The first-order valence-corrected chi connectivity index (χ1v) is 11.2. The Hall–Kier alpha value is -1.75. The van der Waals surface area contributed by atoms with Crippen LogP contribution in [-0.2, 0) is 9.59 Å². The van der Waals surface area contributed by atoms with Gasteiger partial charge in [-0.1, -0.05) is 25.4 Å². The Morgan fingerprint density at radius 2 is 1.69 bits per heavy atom. The summed E-state index contributed by atoms with van der Waals surface area (Å²) in [6.07, 6.45) is 6.76. The molecule has 5 rings (SSSR count). The minimum Gasteiger partial charge on any atom is -0.483 e. The van der Waals surface area contributed by atoms with Gasteiger partial charge in [0.1, 0.15) is 5.75 Å². The summed E-state index contributed by atoms with van der Waals surface area (Å²) in [5.41, 5.74) is 6.85. The van der Waals surface area contributed by atoms with Crippen molar-refractivity contribution in [3.8, 4) is 5.75 Å². The zero-order chi connectivity index (χ0) is 20.8. The largest absolute Gasteiger partial charge is 0.483 e. The van der Waals surface area contributed by atoms with Crippen molar-refractivity contribution in [2.24, 2.45) is 23.2 Å². The first-order chi connectivity index (χ1) is 13.8. The molecule has 0 atom stereocenters. The lowest BCUT2D eigenvalue weighted by molar-refractivity contribution is -0.149. The van der Waals surface area contributed by atoms with E-state index in [1.54, 1.807) is 0 Å². The predicted molar refractivity (Wildman–Crippen MR) is 113 cm³/mol. The maximum Gasteiger partial charge on any atom is 0.276 e. The van der Waals surface area contributed by atoms with E-state index in [-0.39, 0.29) is 29.8 Å². The second kappa shape index (κ2) is 7.82. The normalized spacial score (nSPS) is 29.8. The summed E-state index contributed by atoms with van der Waals surface area (Å²) < 4.78 is 5.76. The van der Waals surface area contributed by atoms with Gasteiger partial charge in [0, 0.05) is 5.02 Å². The zero-order valence-corrected chi connectivity index (χ0v) is 18.3. The smallest absolute Gasteiger partial charge is 0.276 e. The molecule has 0 saturated heterocycles. The van der Waals surface area contributed by atoms with Crippen molar-refractivity contribution in [3.63, 3.8) is 0 Å². The summed E-state index contributed by atoms with van der Waals surface area (Å²) in [5, 5.41) is 0.688. The number of nitrogens with one attached hydrogen (secondary N) is 2. The van der Waals surface area contributed by atoms with Gasteiger partial charge in [0.2, 0.25) is 5.91 Å². The third-order valence-corrected chi connectivity index (χ3v) is 7.51. The third kappa shape index (κ3) is 4.11. The molecule has 6 heteroatoms. The Morgan fingerprint density at radius 1 is 1.10 bits per heavy atom. The molecule has 0 heterocycles. The Morgan fingerprint density at radius 3 is 2.24 bits per heavy atom. The van der Waals surface area contributed by atoms with E-state index < -0.39 is 0 Å². The van der Waals surface area contributed by atoms with Crippen molar-refractivity contribution in [2.45, 2.75) is 65.2 Å². The van der Waals surface area contributed by atoms with Crippen molar-refractivity contribution < 1.29 is 14.3 Å². The third-order valence-electron chi connectivity index (χ3n) is 7.11. The van der Waals surface area contributed by atoms with Crippen LogP contribution < -0.4 is 15.6 Å². The van der Waals surface area contributed by atoms with Crippen LogP contribution in [-0.4, -0.2) is 18.4 Å². The summed E-state index contributed by atoms with van der Waals surface area (Å²) in [7, 11) is 0. The molecule has 4 bridgehead atoms. The molecule has 4 saturated carbocycles. The van der Waals surface area contributed by atoms with Gasteiger partial charge in [0.15, 0.2) is 6.61 Å². The molecule has 0 radical (unpaired) electrons. The highest BCUT2D eigenvalue weighted by Gasteiger charge is 2.54. The molecule has 1 aromatic carbocycles. The number of halogens is 1. The molecule has 1 aromatic rings. The fourth-order valence-corrected chi connectivity index (χ4v) is 6.25. The number of aryl methyl sites for hydroxylation is 1. The number of hydrogen-bond acceptors (Lipinski definition) is 3. The minimum absolute atomic E-state index is 0.0184. The predicted octanol–water partition coefficient (Wildman–Crippen LogP) is 4.51. The molecule has 0 aliphatic heterocycles. The number of benzene rings is 1. The van der Waals surface area contributed by atoms with Gasteiger partial charge < -0.3 is 4.74 Å². The fourth-order valence-electron chi connectivity index (χ4n) is 6.07. The van der Waals surface area contributed by atoms with Crippen molar-refractivity contribution >= 4 is 23.4 Å². The van der Waals surface area contributed by atoms with Gasteiger partial charge in [-0.3, -0.25) is 20.4 Å². The summed E-state index contributed by atoms with van der Waals surface area (Å²) in [6, 6.07) is 3.75. The quantitative estimate of drug-likeness (QED) is 0.691. The number of carbonyl (C=O) groups is 2. The van der Waals surface area contributed by atoms with Crippen molar-refractivity contribution in [3.05, 3.63) is 28.3 Å². The molecule has 0 aromatic heterocycles. The highest BCUT2D eigenvalue weighted by molar-refractivity contribution is 6.31. The minimum atomic E-state index is -0.356.